The maximum Gasteiger partial charge on any atom is 0.102 e. The summed E-state index contributed by atoms with van der Waals surface area (Å²) in [6.07, 6.45) is 9.06. The zero-order valence-electron chi connectivity index (χ0n) is 16.9. The summed E-state index contributed by atoms with van der Waals surface area (Å²) >= 11 is 0. The highest BCUT2D eigenvalue weighted by Gasteiger charge is 2.63. The van der Waals surface area contributed by atoms with Gasteiger partial charge in [0.05, 0.1) is 18.4 Å². The molecule has 0 saturated heterocycles. The van der Waals surface area contributed by atoms with E-state index >= 15 is 0 Å². The lowest BCUT2D eigenvalue weighted by Crippen LogP contribution is -2.57. The molecule has 4 aliphatic carbocycles. The first-order chi connectivity index (χ1) is 13.3. The number of hydrogen-bond donors (Lipinski definition) is 4. The van der Waals surface area contributed by atoms with Crippen LogP contribution in [0.4, 0.5) is 0 Å². The van der Waals surface area contributed by atoms with E-state index in [1.54, 1.807) is 0 Å². The van der Waals surface area contributed by atoms with Gasteiger partial charge in [-0.05, 0) is 61.0 Å². The molecule has 28 heavy (non-hydrogen) atoms. The van der Waals surface area contributed by atoms with E-state index in [0.717, 1.165) is 19.3 Å². The van der Waals surface area contributed by atoms with E-state index in [0.29, 0.717) is 35.6 Å². The van der Waals surface area contributed by atoms with Crippen LogP contribution in [0, 0.1) is 40.4 Å². The molecule has 3 saturated carbocycles. The molecule has 0 aromatic rings. The van der Waals surface area contributed by atoms with E-state index in [9.17, 15) is 20.6 Å². The standard InChI is InChI=1S/C22H32N2O4/c1-12-8-14-15-4-5-16(18(11-25)24-28)22(15,3)10-19(26)20(14)21(2)7-6-13(23-27)9-17(12)21/h6-7,9,12,14-16,19-20,25-28H,4-5,8,10-11H2,1-3H3/b23-13+,24-18+/t12-,14?,15?,16?,19?,20+,21-,22?/m0/s1. The minimum atomic E-state index is -0.469. The molecule has 3 fully saturated rings. The van der Waals surface area contributed by atoms with Crippen molar-refractivity contribution >= 4 is 11.4 Å². The highest BCUT2D eigenvalue weighted by molar-refractivity contribution is 6.05. The van der Waals surface area contributed by atoms with Crippen LogP contribution in [0.3, 0.4) is 0 Å². The van der Waals surface area contributed by atoms with Gasteiger partial charge in [0.2, 0.25) is 0 Å². The second-order valence-corrected chi connectivity index (χ2v) is 9.83. The molecule has 0 aliphatic heterocycles. The van der Waals surface area contributed by atoms with E-state index in [1.165, 1.54) is 5.57 Å². The van der Waals surface area contributed by atoms with Gasteiger partial charge in [-0.25, -0.2) is 0 Å². The Labute approximate surface area is 166 Å². The molecule has 0 heterocycles. The van der Waals surface area contributed by atoms with Crippen LogP contribution in [0.25, 0.3) is 0 Å². The number of fused-ring (bicyclic) bond motifs is 5. The molecule has 4 aliphatic rings. The van der Waals surface area contributed by atoms with Crippen LogP contribution < -0.4 is 0 Å². The average molecular weight is 389 g/mol. The number of nitrogens with zero attached hydrogens (tertiary/aromatic N) is 2. The summed E-state index contributed by atoms with van der Waals surface area (Å²) in [5.74, 6) is 1.26. The number of rotatable bonds is 2. The summed E-state index contributed by atoms with van der Waals surface area (Å²) in [5.41, 5.74) is 1.85. The summed E-state index contributed by atoms with van der Waals surface area (Å²) in [6, 6.07) is 0. The molecule has 0 spiro atoms. The highest BCUT2D eigenvalue weighted by Crippen LogP contribution is 2.66. The first-order valence-corrected chi connectivity index (χ1v) is 10.4. The van der Waals surface area contributed by atoms with E-state index in [1.807, 2.05) is 12.2 Å². The van der Waals surface area contributed by atoms with Crippen molar-refractivity contribution in [2.75, 3.05) is 6.61 Å². The van der Waals surface area contributed by atoms with Gasteiger partial charge >= 0.3 is 0 Å². The molecule has 0 aromatic carbocycles. The fraction of sp³-hybridized carbons (Fsp3) is 0.727. The second kappa shape index (κ2) is 6.70. The van der Waals surface area contributed by atoms with Crippen molar-refractivity contribution in [3.05, 3.63) is 23.8 Å². The number of allylic oxidation sites excluding steroid dienone is 4. The van der Waals surface area contributed by atoms with Gasteiger partial charge in [-0.3, -0.25) is 0 Å². The molecule has 6 heteroatoms. The van der Waals surface area contributed by atoms with E-state index < -0.39 is 6.10 Å². The van der Waals surface area contributed by atoms with Crippen LogP contribution in [0.15, 0.2) is 34.1 Å². The maximum absolute atomic E-state index is 11.4. The van der Waals surface area contributed by atoms with Crippen LogP contribution in [-0.2, 0) is 0 Å². The van der Waals surface area contributed by atoms with Gasteiger partial charge in [0.1, 0.15) is 5.71 Å². The fourth-order valence-corrected chi connectivity index (χ4v) is 7.58. The molecule has 0 bridgehead atoms. The first kappa shape index (κ1) is 19.6. The Balaban J connectivity index is 1.74. The third-order valence-electron chi connectivity index (χ3n) is 8.63. The summed E-state index contributed by atoms with van der Waals surface area (Å²) in [4.78, 5) is 0. The summed E-state index contributed by atoms with van der Waals surface area (Å²) < 4.78 is 0. The number of aliphatic hydroxyl groups is 2. The lowest BCUT2D eigenvalue weighted by molar-refractivity contribution is -0.115. The van der Waals surface area contributed by atoms with E-state index in [4.69, 9.17) is 0 Å². The Morgan fingerprint density at radius 1 is 1.25 bits per heavy atom. The van der Waals surface area contributed by atoms with Crippen LogP contribution in [0.2, 0.25) is 0 Å². The quantitative estimate of drug-likeness (QED) is 0.331. The highest BCUT2D eigenvalue weighted by atomic mass is 16.4. The second-order valence-electron chi connectivity index (χ2n) is 9.83. The molecule has 4 N–H and O–H groups in total. The lowest BCUT2D eigenvalue weighted by Gasteiger charge is -2.60. The third-order valence-corrected chi connectivity index (χ3v) is 8.63. The number of oxime groups is 2. The smallest absolute Gasteiger partial charge is 0.102 e. The average Bonchev–Trinajstić information content (AvgIpc) is 2.99. The Kier molecular flexibility index (Phi) is 4.70. The van der Waals surface area contributed by atoms with Gasteiger partial charge in [-0.2, -0.15) is 0 Å². The minimum Gasteiger partial charge on any atom is -0.411 e. The molecular weight excluding hydrogens is 356 g/mol. The summed E-state index contributed by atoms with van der Waals surface area (Å²) in [7, 11) is 0. The van der Waals surface area contributed by atoms with Crippen molar-refractivity contribution in [3.8, 4) is 0 Å². The molecule has 0 aromatic heterocycles. The molecule has 154 valence electrons. The van der Waals surface area contributed by atoms with Gasteiger partial charge in [0.25, 0.3) is 0 Å². The predicted octanol–water partition coefficient (Wildman–Crippen LogP) is 3.21. The van der Waals surface area contributed by atoms with E-state index in [2.05, 4.69) is 37.2 Å². The van der Waals surface area contributed by atoms with Crippen molar-refractivity contribution in [3.63, 3.8) is 0 Å². The van der Waals surface area contributed by atoms with Crippen molar-refractivity contribution in [2.45, 2.75) is 52.6 Å². The normalized spacial score (nSPS) is 49.4. The Bertz CT molecular complexity index is 772. The van der Waals surface area contributed by atoms with Crippen LogP contribution in [0.1, 0.15) is 46.5 Å². The monoisotopic (exact) mass is 388 g/mol. The minimum absolute atomic E-state index is 0.0122. The Morgan fingerprint density at radius 3 is 2.64 bits per heavy atom. The SMILES string of the molecule is C[C@H]1CC2C3CCC(/C(CO)=N/O)C3(C)CC(O)[C@@H]2[C@@]2(C)C=C/C(=N\O)C=C12. The van der Waals surface area contributed by atoms with Crippen LogP contribution >= 0.6 is 0 Å². The third kappa shape index (κ3) is 2.53. The van der Waals surface area contributed by atoms with Crippen molar-refractivity contribution in [1.29, 1.82) is 0 Å². The molecule has 0 radical (unpaired) electrons. The van der Waals surface area contributed by atoms with Gasteiger partial charge in [-0.15, -0.1) is 0 Å². The van der Waals surface area contributed by atoms with E-state index in [-0.39, 0.29) is 29.3 Å². The Hall–Kier alpha value is -1.66. The molecule has 4 rings (SSSR count). The summed E-state index contributed by atoms with van der Waals surface area (Å²) in [6.45, 7) is 6.42. The zero-order chi connectivity index (χ0) is 20.3. The van der Waals surface area contributed by atoms with Gasteiger partial charge < -0.3 is 20.6 Å². The zero-order valence-corrected chi connectivity index (χ0v) is 16.9. The predicted molar refractivity (Wildman–Crippen MR) is 107 cm³/mol. The van der Waals surface area contributed by atoms with Gasteiger partial charge in [0.15, 0.2) is 0 Å². The topological polar surface area (TPSA) is 106 Å². The Morgan fingerprint density at radius 2 is 2.00 bits per heavy atom. The van der Waals surface area contributed by atoms with Crippen LogP contribution in [0.5, 0.6) is 0 Å². The molecule has 8 atom stereocenters. The van der Waals surface area contributed by atoms with Gasteiger partial charge in [-0.1, -0.05) is 42.7 Å². The molecule has 0 amide bonds. The first-order valence-electron chi connectivity index (χ1n) is 10.4. The lowest BCUT2D eigenvalue weighted by atomic mass is 9.45. The fourth-order valence-electron chi connectivity index (χ4n) is 7.58. The van der Waals surface area contributed by atoms with Crippen molar-refractivity contribution in [2.24, 2.45) is 50.7 Å². The molecule has 6 nitrogen and oxygen atoms in total. The summed E-state index contributed by atoms with van der Waals surface area (Å²) in [5, 5.41) is 46.4. The largest absolute Gasteiger partial charge is 0.411 e. The molecule has 5 unspecified atom stereocenters. The number of hydrogen-bond acceptors (Lipinski definition) is 6. The number of aliphatic hydroxyl groups excluding tert-OH is 2. The van der Waals surface area contributed by atoms with Crippen LogP contribution in [-0.4, -0.2) is 44.8 Å². The van der Waals surface area contributed by atoms with Gasteiger partial charge in [0, 0.05) is 17.3 Å². The molecular formula is C22H32N2O4. The van der Waals surface area contributed by atoms with Crippen molar-refractivity contribution in [1.82, 2.24) is 0 Å². The maximum atomic E-state index is 11.4. The van der Waals surface area contributed by atoms with Crippen molar-refractivity contribution < 1.29 is 20.6 Å².